The number of aliphatic carboxylic acids is 1. The van der Waals surface area contributed by atoms with E-state index in [1.807, 2.05) is 0 Å². The number of nitrogens with zero attached hydrogens (tertiary/aromatic N) is 2. The maximum absolute atomic E-state index is 13.3. The molecule has 0 spiro atoms. The molecule has 1 aliphatic rings. The van der Waals surface area contributed by atoms with E-state index in [1.54, 1.807) is 6.92 Å². The van der Waals surface area contributed by atoms with Crippen LogP contribution in [-0.4, -0.2) is 44.0 Å². The number of halogens is 1. The van der Waals surface area contributed by atoms with Crippen molar-refractivity contribution in [3.05, 3.63) is 39.7 Å². The third-order valence-electron chi connectivity index (χ3n) is 3.13. The summed E-state index contributed by atoms with van der Waals surface area (Å²) in [6.45, 7) is 1.62. The maximum Gasteiger partial charge on any atom is 0.327 e. The number of carboxylic acids is 1. The van der Waals surface area contributed by atoms with Gasteiger partial charge >= 0.3 is 5.97 Å². The van der Waals surface area contributed by atoms with Crippen LogP contribution in [0.3, 0.4) is 0 Å². The number of carbonyl (C=O) groups is 2. The van der Waals surface area contributed by atoms with Crippen molar-refractivity contribution in [1.29, 1.82) is 0 Å². The van der Waals surface area contributed by atoms with E-state index < -0.39 is 45.3 Å². The van der Waals surface area contributed by atoms with E-state index in [0.717, 1.165) is 23.1 Å². The number of nitro benzene ring substituents is 1. The number of carboxylic acid groups (broad SMARTS) is 1. The van der Waals surface area contributed by atoms with Gasteiger partial charge in [-0.15, -0.1) is 11.8 Å². The average Bonchev–Trinajstić information content (AvgIpc) is 2.79. The van der Waals surface area contributed by atoms with Crippen LogP contribution >= 0.6 is 11.8 Å². The fourth-order valence-electron chi connectivity index (χ4n) is 2.12. The second-order valence-corrected chi connectivity index (χ2v) is 5.77. The van der Waals surface area contributed by atoms with Crippen molar-refractivity contribution < 1.29 is 24.0 Å². The van der Waals surface area contributed by atoms with Crippen molar-refractivity contribution in [2.24, 2.45) is 0 Å². The molecule has 112 valence electrons. The van der Waals surface area contributed by atoms with Crippen molar-refractivity contribution >= 4 is 29.3 Å². The molecule has 1 heterocycles. The van der Waals surface area contributed by atoms with Crippen LogP contribution in [-0.2, 0) is 4.79 Å². The van der Waals surface area contributed by atoms with Crippen LogP contribution in [0.25, 0.3) is 0 Å². The molecule has 9 heteroatoms. The first-order chi connectivity index (χ1) is 9.82. The molecule has 21 heavy (non-hydrogen) atoms. The number of hydrogen-bond donors (Lipinski definition) is 1. The van der Waals surface area contributed by atoms with Crippen LogP contribution in [0.2, 0.25) is 0 Å². The first kappa shape index (κ1) is 15.2. The second kappa shape index (κ2) is 5.68. The molecule has 2 atom stereocenters. The molecule has 2 rings (SSSR count). The molecule has 0 bridgehead atoms. The van der Waals surface area contributed by atoms with Gasteiger partial charge in [-0.3, -0.25) is 14.9 Å². The van der Waals surface area contributed by atoms with Gasteiger partial charge in [0.1, 0.15) is 17.4 Å². The highest BCUT2D eigenvalue weighted by atomic mass is 32.2. The third-order valence-corrected chi connectivity index (χ3v) is 4.35. The minimum Gasteiger partial charge on any atom is -0.480 e. The van der Waals surface area contributed by atoms with Gasteiger partial charge < -0.3 is 10.0 Å². The first-order valence-electron chi connectivity index (χ1n) is 5.94. The SMILES string of the molecule is CC1SCC(C(=O)O)N1C(=O)c1cc(F)ccc1[N+](=O)[O-]. The highest BCUT2D eigenvalue weighted by molar-refractivity contribution is 8.00. The molecule has 1 aromatic carbocycles. The van der Waals surface area contributed by atoms with Gasteiger partial charge in [0.15, 0.2) is 0 Å². The van der Waals surface area contributed by atoms with Gasteiger partial charge in [-0.1, -0.05) is 0 Å². The van der Waals surface area contributed by atoms with E-state index in [0.29, 0.717) is 0 Å². The molecule has 1 amide bonds. The van der Waals surface area contributed by atoms with Gasteiger partial charge in [-0.25, -0.2) is 9.18 Å². The largest absolute Gasteiger partial charge is 0.480 e. The quantitative estimate of drug-likeness (QED) is 0.673. The molecule has 7 nitrogen and oxygen atoms in total. The zero-order chi connectivity index (χ0) is 15.7. The molecular weight excluding hydrogens is 303 g/mol. The number of rotatable bonds is 3. The lowest BCUT2D eigenvalue weighted by Crippen LogP contribution is -2.45. The number of thioether (sulfide) groups is 1. The van der Waals surface area contributed by atoms with Crippen LogP contribution in [0.4, 0.5) is 10.1 Å². The smallest absolute Gasteiger partial charge is 0.327 e. The van der Waals surface area contributed by atoms with E-state index in [-0.39, 0.29) is 5.75 Å². The number of benzene rings is 1. The molecule has 1 aliphatic heterocycles. The predicted molar refractivity (Wildman–Crippen MR) is 72.6 cm³/mol. The Morgan fingerprint density at radius 1 is 1.52 bits per heavy atom. The van der Waals surface area contributed by atoms with Gasteiger partial charge in [0, 0.05) is 11.8 Å². The van der Waals surface area contributed by atoms with Crippen LogP contribution < -0.4 is 0 Å². The van der Waals surface area contributed by atoms with E-state index in [2.05, 4.69) is 0 Å². The molecule has 0 aliphatic carbocycles. The van der Waals surface area contributed by atoms with E-state index in [1.165, 1.54) is 11.8 Å². The summed E-state index contributed by atoms with van der Waals surface area (Å²) in [4.78, 5) is 34.8. The second-order valence-electron chi connectivity index (χ2n) is 4.42. The Labute approximate surface area is 122 Å². The summed E-state index contributed by atoms with van der Waals surface area (Å²) < 4.78 is 13.3. The van der Waals surface area contributed by atoms with Crippen LogP contribution in [0.5, 0.6) is 0 Å². The average molecular weight is 314 g/mol. The number of carbonyl (C=O) groups excluding carboxylic acids is 1. The zero-order valence-corrected chi connectivity index (χ0v) is 11.7. The lowest BCUT2D eigenvalue weighted by Gasteiger charge is -2.24. The van der Waals surface area contributed by atoms with Crippen molar-refractivity contribution in [2.75, 3.05) is 5.75 Å². The normalized spacial score (nSPS) is 21.3. The summed E-state index contributed by atoms with van der Waals surface area (Å²) in [6, 6.07) is 1.45. The van der Waals surface area contributed by atoms with E-state index in [4.69, 9.17) is 5.11 Å². The highest BCUT2D eigenvalue weighted by Gasteiger charge is 2.41. The molecule has 1 fully saturated rings. The first-order valence-corrected chi connectivity index (χ1v) is 6.99. The molecule has 0 radical (unpaired) electrons. The molecular formula is C12H11FN2O5S. The Morgan fingerprint density at radius 3 is 2.76 bits per heavy atom. The summed E-state index contributed by atoms with van der Waals surface area (Å²) >= 11 is 1.24. The molecule has 0 aromatic heterocycles. The molecule has 1 N–H and O–H groups in total. The van der Waals surface area contributed by atoms with Crippen molar-refractivity contribution in [3.8, 4) is 0 Å². The molecule has 1 aromatic rings. The molecule has 1 saturated heterocycles. The van der Waals surface area contributed by atoms with Gasteiger partial charge in [0.05, 0.1) is 10.3 Å². The molecule has 0 saturated carbocycles. The van der Waals surface area contributed by atoms with Crippen molar-refractivity contribution in [2.45, 2.75) is 18.3 Å². The Morgan fingerprint density at radius 2 is 2.19 bits per heavy atom. The van der Waals surface area contributed by atoms with Crippen molar-refractivity contribution in [3.63, 3.8) is 0 Å². The van der Waals surface area contributed by atoms with Crippen LogP contribution in [0.15, 0.2) is 18.2 Å². The third kappa shape index (κ3) is 2.82. The minimum absolute atomic E-state index is 0.186. The summed E-state index contributed by atoms with van der Waals surface area (Å²) in [5.41, 5.74) is -0.991. The minimum atomic E-state index is -1.20. The lowest BCUT2D eigenvalue weighted by molar-refractivity contribution is -0.385. The van der Waals surface area contributed by atoms with Gasteiger partial charge in [0.25, 0.3) is 11.6 Å². The predicted octanol–water partition coefficient (Wildman–Crippen LogP) is 1.72. The van der Waals surface area contributed by atoms with Crippen molar-refractivity contribution in [1.82, 2.24) is 4.90 Å². The Hall–Kier alpha value is -2.16. The standard InChI is InChI=1S/C12H11FN2O5S/c1-6-14(10(5-21-6)12(17)18)11(16)8-4-7(13)2-3-9(8)15(19)20/h2-4,6,10H,5H2,1H3,(H,17,18). The number of hydrogen-bond acceptors (Lipinski definition) is 5. The summed E-state index contributed by atoms with van der Waals surface area (Å²) in [6.07, 6.45) is 0. The van der Waals surface area contributed by atoms with E-state index >= 15 is 0 Å². The van der Waals surface area contributed by atoms with Gasteiger partial charge in [0.2, 0.25) is 0 Å². The Balaban J connectivity index is 2.46. The monoisotopic (exact) mass is 314 g/mol. The Kier molecular flexibility index (Phi) is 4.12. The topological polar surface area (TPSA) is 101 Å². The van der Waals surface area contributed by atoms with E-state index in [9.17, 15) is 24.1 Å². The lowest BCUT2D eigenvalue weighted by atomic mass is 10.1. The van der Waals surface area contributed by atoms with Crippen LogP contribution in [0.1, 0.15) is 17.3 Å². The Bertz CT molecular complexity index is 624. The summed E-state index contributed by atoms with van der Waals surface area (Å²) in [5, 5.41) is 19.6. The number of nitro groups is 1. The van der Waals surface area contributed by atoms with Gasteiger partial charge in [-0.2, -0.15) is 0 Å². The fourth-order valence-corrected chi connectivity index (χ4v) is 3.29. The van der Waals surface area contributed by atoms with Crippen LogP contribution in [0, 0.1) is 15.9 Å². The van der Waals surface area contributed by atoms with Gasteiger partial charge in [-0.05, 0) is 19.1 Å². The fraction of sp³-hybridized carbons (Fsp3) is 0.333. The highest BCUT2D eigenvalue weighted by Crippen LogP contribution is 2.32. The summed E-state index contributed by atoms with van der Waals surface area (Å²) in [7, 11) is 0. The molecule has 2 unspecified atom stereocenters. The zero-order valence-electron chi connectivity index (χ0n) is 10.9. The summed E-state index contributed by atoms with van der Waals surface area (Å²) in [5.74, 6) is -2.66. The maximum atomic E-state index is 13.3. The number of amides is 1.